The summed E-state index contributed by atoms with van der Waals surface area (Å²) in [7, 11) is -3.99. The molecule has 2 aromatic carbocycles. The fraction of sp³-hybridized carbons (Fsp3) is 0.316. The lowest BCUT2D eigenvalue weighted by Gasteiger charge is -2.18. The number of halogens is 1. The van der Waals surface area contributed by atoms with Crippen LogP contribution in [0, 0.1) is 0 Å². The molecule has 7 heteroatoms. The summed E-state index contributed by atoms with van der Waals surface area (Å²) in [4.78, 5) is 13.9. The quantitative estimate of drug-likeness (QED) is 0.660. The number of aryl methyl sites for hydroxylation is 1. The van der Waals surface area contributed by atoms with Gasteiger partial charge in [-0.05, 0) is 68.3 Å². The summed E-state index contributed by atoms with van der Waals surface area (Å²) in [6.07, 6.45) is 0.665. The van der Waals surface area contributed by atoms with E-state index in [1.54, 1.807) is 17.0 Å². The largest absolute Gasteiger partial charge is 0.379 e. The molecule has 0 aliphatic heterocycles. The molecule has 26 heavy (non-hydrogen) atoms. The van der Waals surface area contributed by atoms with Crippen molar-refractivity contribution in [1.29, 1.82) is 0 Å². The van der Waals surface area contributed by atoms with Gasteiger partial charge in [0, 0.05) is 23.7 Å². The Morgan fingerprint density at radius 1 is 1.04 bits per heavy atom. The number of hydrogen-bond acceptors (Lipinski definition) is 4. The maximum absolute atomic E-state index is 12.5. The van der Waals surface area contributed by atoms with Crippen LogP contribution in [0.15, 0.2) is 47.4 Å². The van der Waals surface area contributed by atoms with Crippen LogP contribution in [0.3, 0.4) is 0 Å². The molecule has 1 amide bonds. The molecule has 0 saturated heterocycles. The molecule has 0 spiro atoms. The number of benzene rings is 2. The predicted molar refractivity (Wildman–Crippen MR) is 102 cm³/mol. The van der Waals surface area contributed by atoms with Crippen molar-refractivity contribution in [2.75, 3.05) is 13.1 Å². The number of nitrogens with zero attached hydrogens (tertiary/aromatic N) is 1. The van der Waals surface area contributed by atoms with E-state index in [0.717, 1.165) is 5.56 Å². The Morgan fingerprint density at radius 3 is 2.19 bits per heavy atom. The topological polar surface area (TPSA) is 63.7 Å². The number of carbonyl (C=O) groups is 1. The molecule has 0 unspecified atom stereocenters. The van der Waals surface area contributed by atoms with Crippen LogP contribution in [0.1, 0.15) is 36.7 Å². The van der Waals surface area contributed by atoms with Gasteiger partial charge in [-0.15, -0.1) is 0 Å². The third-order valence-corrected chi connectivity index (χ3v) is 5.67. The van der Waals surface area contributed by atoms with Crippen molar-refractivity contribution in [3.05, 3.63) is 58.6 Å². The van der Waals surface area contributed by atoms with Crippen molar-refractivity contribution in [1.82, 2.24) is 4.90 Å². The molecule has 5 nitrogen and oxygen atoms in total. The second kappa shape index (κ2) is 8.56. The molecular formula is C19H22ClNO4S. The van der Waals surface area contributed by atoms with Gasteiger partial charge in [0.15, 0.2) is 0 Å². The summed E-state index contributed by atoms with van der Waals surface area (Å²) < 4.78 is 30.1. The molecule has 0 heterocycles. The highest BCUT2D eigenvalue weighted by Crippen LogP contribution is 2.25. The Morgan fingerprint density at radius 2 is 1.65 bits per heavy atom. The first-order chi connectivity index (χ1) is 12.3. The zero-order valence-electron chi connectivity index (χ0n) is 15.0. The molecule has 140 valence electrons. The fourth-order valence-corrected chi connectivity index (χ4v) is 3.68. The Balaban J connectivity index is 2.23. The minimum atomic E-state index is -3.99. The molecular weight excluding hydrogens is 374 g/mol. The molecule has 0 aromatic heterocycles. The second-order valence-electron chi connectivity index (χ2n) is 5.65. The second-order valence-corrected chi connectivity index (χ2v) is 7.60. The highest BCUT2D eigenvalue weighted by molar-refractivity contribution is 7.87. The van der Waals surface area contributed by atoms with Crippen LogP contribution < -0.4 is 4.18 Å². The summed E-state index contributed by atoms with van der Waals surface area (Å²) in [5.41, 5.74) is 1.24. The van der Waals surface area contributed by atoms with Gasteiger partial charge in [0.1, 0.15) is 10.6 Å². The summed E-state index contributed by atoms with van der Waals surface area (Å²) in [6.45, 7) is 6.89. The molecule has 0 atom stereocenters. The van der Waals surface area contributed by atoms with Gasteiger partial charge in [-0.2, -0.15) is 8.42 Å². The van der Waals surface area contributed by atoms with Crippen molar-refractivity contribution < 1.29 is 17.4 Å². The summed E-state index contributed by atoms with van der Waals surface area (Å²) in [5.74, 6) is 0.0692. The van der Waals surface area contributed by atoms with Gasteiger partial charge in [0.05, 0.1) is 0 Å². The molecule has 0 fully saturated rings. The third kappa shape index (κ3) is 4.56. The van der Waals surface area contributed by atoms with Crippen LogP contribution in [-0.4, -0.2) is 32.3 Å². The monoisotopic (exact) mass is 395 g/mol. The number of rotatable bonds is 7. The van der Waals surface area contributed by atoms with Gasteiger partial charge in [-0.25, -0.2) is 0 Å². The molecule has 0 radical (unpaired) electrons. The summed E-state index contributed by atoms with van der Waals surface area (Å²) in [5, 5.41) is 0.566. The van der Waals surface area contributed by atoms with Gasteiger partial charge in [0.2, 0.25) is 0 Å². The van der Waals surface area contributed by atoms with Crippen LogP contribution in [0.4, 0.5) is 0 Å². The third-order valence-electron chi connectivity index (χ3n) is 4.04. The van der Waals surface area contributed by atoms with Crippen LogP contribution >= 0.6 is 11.6 Å². The van der Waals surface area contributed by atoms with Crippen LogP contribution in [-0.2, 0) is 16.5 Å². The first-order valence-electron chi connectivity index (χ1n) is 8.44. The Bertz CT molecular complexity index is 875. The highest BCUT2D eigenvalue weighted by Gasteiger charge is 2.19. The van der Waals surface area contributed by atoms with Gasteiger partial charge < -0.3 is 9.08 Å². The van der Waals surface area contributed by atoms with Crippen molar-refractivity contribution in [3.8, 4) is 5.75 Å². The summed E-state index contributed by atoms with van der Waals surface area (Å²) >= 11 is 6.04. The van der Waals surface area contributed by atoms with E-state index in [-0.39, 0.29) is 16.6 Å². The Kier molecular flexibility index (Phi) is 6.67. The first-order valence-corrected chi connectivity index (χ1v) is 10.2. The van der Waals surface area contributed by atoms with Crippen molar-refractivity contribution in [3.63, 3.8) is 0 Å². The predicted octanol–water partition coefficient (Wildman–Crippen LogP) is 4.15. The lowest BCUT2D eigenvalue weighted by molar-refractivity contribution is 0.0773. The Hall–Kier alpha value is -2.05. The van der Waals surface area contributed by atoms with Crippen LogP contribution in [0.2, 0.25) is 5.02 Å². The molecule has 0 aliphatic carbocycles. The number of carbonyl (C=O) groups excluding carboxylic acids is 1. The average Bonchev–Trinajstić information content (AvgIpc) is 2.64. The first kappa shape index (κ1) is 20.3. The standard InChI is InChI=1S/C19H22ClNO4S/c1-4-14-13-16(9-12-18(14)20)25-26(23,24)17-10-7-15(8-11-17)19(22)21(5-2)6-3/h7-13H,4-6H2,1-3H3. The van der Waals surface area contributed by atoms with E-state index >= 15 is 0 Å². The lowest BCUT2D eigenvalue weighted by atomic mass is 10.2. The van der Waals surface area contributed by atoms with Gasteiger partial charge in [0.25, 0.3) is 5.91 Å². The number of hydrogen-bond donors (Lipinski definition) is 0. The molecule has 2 rings (SSSR count). The van der Waals surface area contributed by atoms with E-state index in [1.165, 1.54) is 30.3 Å². The van der Waals surface area contributed by atoms with E-state index in [9.17, 15) is 13.2 Å². The normalized spacial score (nSPS) is 11.2. The van der Waals surface area contributed by atoms with E-state index in [1.807, 2.05) is 20.8 Å². The van der Waals surface area contributed by atoms with Gasteiger partial charge in [-0.1, -0.05) is 18.5 Å². The van der Waals surface area contributed by atoms with E-state index in [4.69, 9.17) is 15.8 Å². The van der Waals surface area contributed by atoms with Crippen LogP contribution in [0.25, 0.3) is 0 Å². The SMILES string of the molecule is CCc1cc(OS(=O)(=O)c2ccc(C(=O)N(CC)CC)cc2)ccc1Cl. The fourth-order valence-electron chi connectivity index (χ4n) is 2.51. The zero-order chi connectivity index (χ0) is 19.3. The molecule has 0 aliphatic rings. The number of amides is 1. The molecule has 0 N–H and O–H groups in total. The van der Waals surface area contributed by atoms with E-state index in [2.05, 4.69) is 0 Å². The van der Waals surface area contributed by atoms with Gasteiger partial charge >= 0.3 is 10.1 Å². The van der Waals surface area contributed by atoms with Crippen molar-refractivity contribution >= 4 is 27.6 Å². The van der Waals surface area contributed by atoms with E-state index < -0.39 is 10.1 Å². The summed E-state index contributed by atoms with van der Waals surface area (Å²) in [6, 6.07) is 10.5. The molecule has 2 aromatic rings. The lowest BCUT2D eigenvalue weighted by Crippen LogP contribution is -2.30. The van der Waals surface area contributed by atoms with Crippen molar-refractivity contribution in [2.24, 2.45) is 0 Å². The molecule has 0 bridgehead atoms. The van der Waals surface area contributed by atoms with Crippen molar-refractivity contribution in [2.45, 2.75) is 32.1 Å². The maximum Gasteiger partial charge on any atom is 0.339 e. The minimum Gasteiger partial charge on any atom is -0.379 e. The van der Waals surface area contributed by atoms with Gasteiger partial charge in [-0.3, -0.25) is 4.79 Å². The zero-order valence-corrected chi connectivity index (χ0v) is 16.6. The maximum atomic E-state index is 12.5. The minimum absolute atomic E-state index is 0.0124. The highest BCUT2D eigenvalue weighted by atomic mass is 35.5. The molecule has 0 saturated carbocycles. The average molecular weight is 396 g/mol. The Labute approximate surface area is 159 Å². The smallest absolute Gasteiger partial charge is 0.339 e. The van der Waals surface area contributed by atoms with Crippen LogP contribution in [0.5, 0.6) is 5.75 Å². The van der Waals surface area contributed by atoms with E-state index in [0.29, 0.717) is 30.1 Å².